The van der Waals surface area contributed by atoms with E-state index in [9.17, 15) is 4.79 Å². The Morgan fingerprint density at radius 2 is 1.93 bits per heavy atom. The first kappa shape index (κ1) is 18.7. The summed E-state index contributed by atoms with van der Waals surface area (Å²) in [5.41, 5.74) is 4.09. The molecular weight excluding hydrogens is 428 g/mol. The number of carbonyl (C=O) groups excluding carboxylic acids is 1. The summed E-state index contributed by atoms with van der Waals surface area (Å²) in [4.78, 5) is 18.5. The Labute approximate surface area is 179 Å². The number of amides is 2. The second-order valence-electron chi connectivity index (χ2n) is 8.15. The maximum absolute atomic E-state index is 12.4. The molecule has 5 nitrogen and oxygen atoms in total. The van der Waals surface area contributed by atoms with Gasteiger partial charge in [0.15, 0.2) is 0 Å². The van der Waals surface area contributed by atoms with Gasteiger partial charge in [-0.1, -0.05) is 22.0 Å². The van der Waals surface area contributed by atoms with Gasteiger partial charge in [-0.25, -0.2) is 4.79 Å². The molecule has 1 aromatic heterocycles. The van der Waals surface area contributed by atoms with Crippen molar-refractivity contribution in [2.24, 2.45) is 0 Å². The van der Waals surface area contributed by atoms with Crippen LogP contribution in [0.3, 0.4) is 0 Å². The van der Waals surface area contributed by atoms with Crippen LogP contribution in [0.5, 0.6) is 0 Å². The SMILES string of the molecule is O=C(Nc1cccc(Br)c1)Nc1ccc2[nH]cc(C3CCN4CCCC4C3)c2c1. The standard InChI is InChI=1S/C23H25BrN4O/c24-16-3-1-4-17(12-16)26-23(29)27-18-6-7-22-20(13-18)21(14-25-22)15-8-10-28-9-2-5-19(28)11-15/h1,3-4,6-7,12-15,19,25H,2,5,8-11H2,(H2,26,27,29). The first-order chi connectivity index (χ1) is 14.2. The van der Waals surface area contributed by atoms with Crippen LogP contribution in [0.1, 0.15) is 37.2 Å². The summed E-state index contributed by atoms with van der Waals surface area (Å²) >= 11 is 3.43. The number of nitrogens with one attached hydrogen (secondary N) is 3. The van der Waals surface area contributed by atoms with E-state index in [1.165, 1.54) is 49.7 Å². The molecule has 3 N–H and O–H groups in total. The molecule has 2 unspecified atom stereocenters. The zero-order chi connectivity index (χ0) is 19.8. The summed E-state index contributed by atoms with van der Waals surface area (Å²) < 4.78 is 0.932. The molecule has 3 aromatic rings. The Kier molecular flexibility index (Phi) is 5.06. The molecule has 3 heterocycles. The molecule has 2 fully saturated rings. The van der Waals surface area contributed by atoms with Gasteiger partial charge in [0.25, 0.3) is 0 Å². The fourth-order valence-corrected chi connectivity index (χ4v) is 5.32. The van der Waals surface area contributed by atoms with Crippen LogP contribution in [0.15, 0.2) is 53.1 Å². The van der Waals surface area contributed by atoms with Crippen LogP contribution in [-0.4, -0.2) is 35.0 Å². The molecule has 150 valence electrons. The fourth-order valence-electron chi connectivity index (χ4n) is 4.92. The first-order valence-electron chi connectivity index (χ1n) is 10.3. The van der Waals surface area contributed by atoms with Gasteiger partial charge < -0.3 is 20.5 Å². The normalized spacial score (nSPS) is 21.8. The van der Waals surface area contributed by atoms with Gasteiger partial charge in [0.05, 0.1) is 0 Å². The van der Waals surface area contributed by atoms with Crippen LogP contribution in [0.2, 0.25) is 0 Å². The molecule has 5 rings (SSSR count). The maximum atomic E-state index is 12.4. The van der Waals surface area contributed by atoms with Gasteiger partial charge in [0.1, 0.15) is 0 Å². The molecule has 0 bridgehead atoms. The molecular formula is C23H25BrN4O. The molecule has 29 heavy (non-hydrogen) atoms. The number of rotatable bonds is 3. The highest BCUT2D eigenvalue weighted by Crippen LogP contribution is 2.39. The summed E-state index contributed by atoms with van der Waals surface area (Å²) in [7, 11) is 0. The number of H-pyrrole nitrogens is 1. The summed E-state index contributed by atoms with van der Waals surface area (Å²) in [6, 6.07) is 14.2. The van der Waals surface area contributed by atoms with Crippen LogP contribution in [0.4, 0.5) is 16.2 Å². The molecule has 0 saturated carbocycles. The number of piperidine rings is 1. The van der Waals surface area contributed by atoms with Crippen molar-refractivity contribution in [1.82, 2.24) is 9.88 Å². The Balaban J connectivity index is 1.33. The van der Waals surface area contributed by atoms with Crippen molar-refractivity contribution in [3.05, 3.63) is 58.7 Å². The molecule has 2 saturated heterocycles. The molecule has 2 aliphatic heterocycles. The lowest BCUT2D eigenvalue weighted by molar-refractivity contribution is 0.181. The molecule has 6 heteroatoms. The average Bonchev–Trinajstić information content (AvgIpc) is 3.33. The lowest BCUT2D eigenvalue weighted by Gasteiger charge is -2.34. The van der Waals surface area contributed by atoms with Crippen molar-refractivity contribution in [2.75, 3.05) is 23.7 Å². The van der Waals surface area contributed by atoms with Crippen LogP contribution in [-0.2, 0) is 0 Å². The number of hydrogen-bond acceptors (Lipinski definition) is 2. The third-order valence-electron chi connectivity index (χ3n) is 6.31. The van der Waals surface area contributed by atoms with Gasteiger partial charge in [0.2, 0.25) is 0 Å². The minimum Gasteiger partial charge on any atom is -0.361 e. The first-order valence-corrected chi connectivity index (χ1v) is 11.1. The Morgan fingerprint density at radius 3 is 2.79 bits per heavy atom. The van der Waals surface area contributed by atoms with E-state index in [0.29, 0.717) is 5.92 Å². The molecule has 0 aliphatic carbocycles. The van der Waals surface area contributed by atoms with E-state index in [1.807, 2.05) is 30.3 Å². The minimum absolute atomic E-state index is 0.237. The van der Waals surface area contributed by atoms with E-state index in [1.54, 1.807) is 0 Å². The largest absolute Gasteiger partial charge is 0.361 e. The van der Waals surface area contributed by atoms with Crippen molar-refractivity contribution < 1.29 is 4.79 Å². The van der Waals surface area contributed by atoms with Gasteiger partial charge in [0, 0.05) is 39.0 Å². The van der Waals surface area contributed by atoms with Crippen molar-refractivity contribution in [3.63, 3.8) is 0 Å². The number of nitrogens with zero attached hydrogens (tertiary/aromatic N) is 1. The second kappa shape index (κ2) is 7.84. The van der Waals surface area contributed by atoms with E-state index in [-0.39, 0.29) is 6.03 Å². The van der Waals surface area contributed by atoms with Gasteiger partial charge in [-0.3, -0.25) is 0 Å². The number of carbonyl (C=O) groups is 1. The van der Waals surface area contributed by atoms with Crippen LogP contribution in [0, 0.1) is 0 Å². The van der Waals surface area contributed by atoms with E-state index in [4.69, 9.17) is 0 Å². The summed E-state index contributed by atoms with van der Waals surface area (Å²) in [6.07, 6.45) is 7.30. The third kappa shape index (κ3) is 3.91. The molecule has 2 atom stereocenters. The Bertz CT molecular complexity index is 1050. The average molecular weight is 453 g/mol. The smallest absolute Gasteiger partial charge is 0.323 e. The van der Waals surface area contributed by atoms with E-state index >= 15 is 0 Å². The molecule has 0 radical (unpaired) electrons. The lowest BCUT2D eigenvalue weighted by Crippen LogP contribution is -2.37. The number of fused-ring (bicyclic) bond motifs is 2. The number of aromatic amines is 1. The number of urea groups is 1. The number of halogens is 1. The fraction of sp³-hybridized carbons (Fsp3) is 0.348. The number of hydrogen-bond donors (Lipinski definition) is 3. The van der Waals surface area contributed by atoms with Crippen molar-refractivity contribution in [1.29, 1.82) is 0 Å². The monoisotopic (exact) mass is 452 g/mol. The summed E-state index contributed by atoms with van der Waals surface area (Å²) in [6.45, 7) is 2.47. The molecule has 2 amide bonds. The van der Waals surface area contributed by atoms with Gasteiger partial charge >= 0.3 is 6.03 Å². The van der Waals surface area contributed by atoms with Gasteiger partial charge in [-0.05, 0) is 86.7 Å². The van der Waals surface area contributed by atoms with E-state index < -0.39 is 0 Å². The zero-order valence-electron chi connectivity index (χ0n) is 16.2. The van der Waals surface area contributed by atoms with Crippen molar-refractivity contribution in [2.45, 2.75) is 37.6 Å². The maximum Gasteiger partial charge on any atom is 0.323 e. The molecule has 2 aromatic carbocycles. The highest BCUT2D eigenvalue weighted by Gasteiger charge is 2.33. The molecule has 0 spiro atoms. The van der Waals surface area contributed by atoms with Crippen molar-refractivity contribution in [3.8, 4) is 0 Å². The summed E-state index contributed by atoms with van der Waals surface area (Å²) in [5, 5.41) is 7.08. The number of aromatic nitrogens is 1. The zero-order valence-corrected chi connectivity index (χ0v) is 17.8. The predicted molar refractivity (Wildman–Crippen MR) is 122 cm³/mol. The van der Waals surface area contributed by atoms with Gasteiger partial charge in [-0.2, -0.15) is 0 Å². The summed E-state index contributed by atoms with van der Waals surface area (Å²) in [5.74, 6) is 0.592. The number of anilines is 2. The Morgan fingerprint density at radius 1 is 1.07 bits per heavy atom. The highest BCUT2D eigenvalue weighted by atomic mass is 79.9. The second-order valence-corrected chi connectivity index (χ2v) is 9.06. The van der Waals surface area contributed by atoms with Crippen LogP contribution >= 0.6 is 15.9 Å². The quantitative estimate of drug-likeness (QED) is 0.461. The topological polar surface area (TPSA) is 60.2 Å². The molecule has 2 aliphatic rings. The van der Waals surface area contributed by atoms with Crippen molar-refractivity contribution >= 4 is 44.2 Å². The highest BCUT2D eigenvalue weighted by molar-refractivity contribution is 9.10. The van der Waals surface area contributed by atoms with E-state index in [0.717, 1.165) is 27.4 Å². The minimum atomic E-state index is -0.237. The predicted octanol–water partition coefficient (Wildman–Crippen LogP) is 5.92. The Hall–Kier alpha value is -2.31. The van der Waals surface area contributed by atoms with E-state index in [2.05, 4.69) is 54.8 Å². The lowest BCUT2D eigenvalue weighted by atomic mass is 9.85. The van der Waals surface area contributed by atoms with Gasteiger partial charge in [-0.15, -0.1) is 0 Å². The van der Waals surface area contributed by atoms with Crippen LogP contribution < -0.4 is 10.6 Å². The number of benzene rings is 2. The van der Waals surface area contributed by atoms with Crippen LogP contribution in [0.25, 0.3) is 10.9 Å². The third-order valence-corrected chi connectivity index (χ3v) is 6.81.